The lowest BCUT2D eigenvalue weighted by Gasteiger charge is -2.19. The van der Waals surface area contributed by atoms with Crippen LogP contribution in [-0.4, -0.2) is 25.2 Å². The van der Waals surface area contributed by atoms with Crippen LogP contribution in [0.3, 0.4) is 0 Å². The molecule has 90 valence electrons. The van der Waals surface area contributed by atoms with Crippen molar-refractivity contribution in [2.24, 2.45) is 0 Å². The summed E-state index contributed by atoms with van der Waals surface area (Å²) < 4.78 is 5.37. The summed E-state index contributed by atoms with van der Waals surface area (Å²) in [6.45, 7) is 3.63. The van der Waals surface area contributed by atoms with Gasteiger partial charge in [0.1, 0.15) is 0 Å². The van der Waals surface area contributed by atoms with Crippen molar-refractivity contribution in [3.05, 3.63) is 15.6 Å². The second kappa shape index (κ2) is 5.75. The highest BCUT2D eigenvalue weighted by Crippen LogP contribution is 2.33. The molecule has 0 saturated carbocycles. The Kier molecular flexibility index (Phi) is 4.32. The van der Waals surface area contributed by atoms with Gasteiger partial charge in [-0.15, -0.1) is 11.3 Å². The SMILES string of the molecule is CCOCCc1nc2c(s1)CCCC2NC. The molecule has 3 nitrogen and oxygen atoms in total. The first-order valence-corrected chi connectivity index (χ1v) is 6.90. The summed E-state index contributed by atoms with van der Waals surface area (Å²) in [6.07, 6.45) is 4.67. The summed E-state index contributed by atoms with van der Waals surface area (Å²) in [7, 11) is 2.03. The van der Waals surface area contributed by atoms with E-state index in [-0.39, 0.29) is 0 Å². The highest BCUT2D eigenvalue weighted by Gasteiger charge is 2.23. The Morgan fingerprint density at radius 1 is 1.56 bits per heavy atom. The van der Waals surface area contributed by atoms with Gasteiger partial charge in [-0.3, -0.25) is 0 Å². The van der Waals surface area contributed by atoms with E-state index in [0.29, 0.717) is 6.04 Å². The monoisotopic (exact) mass is 240 g/mol. The third kappa shape index (κ3) is 2.62. The van der Waals surface area contributed by atoms with Gasteiger partial charge in [-0.05, 0) is 33.2 Å². The van der Waals surface area contributed by atoms with Crippen LogP contribution in [0, 0.1) is 0 Å². The van der Waals surface area contributed by atoms with Crippen LogP contribution in [0.15, 0.2) is 0 Å². The molecule has 0 radical (unpaired) electrons. The molecule has 1 N–H and O–H groups in total. The lowest BCUT2D eigenvalue weighted by molar-refractivity contribution is 0.151. The second-order valence-corrected chi connectivity index (χ2v) is 5.26. The van der Waals surface area contributed by atoms with Crippen molar-refractivity contribution in [3.8, 4) is 0 Å². The van der Waals surface area contributed by atoms with Crippen LogP contribution in [-0.2, 0) is 17.6 Å². The fourth-order valence-corrected chi connectivity index (χ4v) is 3.31. The van der Waals surface area contributed by atoms with Crippen LogP contribution in [0.5, 0.6) is 0 Å². The zero-order chi connectivity index (χ0) is 11.4. The molecule has 1 aliphatic carbocycles. The molecule has 1 atom stereocenters. The van der Waals surface area contributed by atoms with E-state index in [4.69, 9.17) is 9.72 Å². The second-order valence-electron chi connectivity index (χ2n) is 4.10. The van der Waals surface area contributed by atoms with Gasteiger partial charge in [-0.1, -0.05) is 0 Å². The average molecular weight is 240 g/mol. The van der Waals surface area contributed by atoms with Crippen molar-refractivity contribution in [1.29, 1.82) is 0 Å². The predicted octanol–water partition coefficient (Wildman–Crippen LogP) is 2.32. The van der Waals surface area contributed by atoms with Gasteiger partial charge >= 0.3 is 0 Å². The summed E-state index contributed by atoms with van der Waals surface area (Å²) in [4.78, 5) is 6.23. The van der Waals surface area contributed by atoms with E-state index in [1.54, 1.807) is 0 Å². The lowest BCUT2D eigenvalue weighted by atomic mass is 9.98. The average Bonchev–Trinajstić information content (AvgIpc) is 2.71. The first-order chi connectivity index (χ1) is 7.85. The Bertz CT molecular complexity index is 338. The molecule has 16 heavy (non-hydrogen) atoms. The van der Waals surface area contributed by atoms with E-state index in [1.165, 1.54) is 34.8 Å². The number of thiazole rings is 1. The zero-order valence-electron chi connectivity index (χ0n) is 10.1. The molecule has 0 spiro atoms. The van der Waals surface area contributed by atoms with Crippen molar-refractivity contribution in [1.82, 2.24) is 10.3 Å². The van der Waals surface area contributed by atoms with E-state index in [2.05, 4.69) is 5.32 Å². The number of hydrogen-bond donors (Lipinski definition) is 1. The van der Waals surface area contributed by atoms with Crippen molar-refractivity contribution in [2.45, 2.75) is 38.6 Å². The Morgan fingerprint density at radius 2 is 2.44 bits per heavy atom. The number of nitrogens with zero attached hydrogens (tertiary/aromatic N) is 1. The minimum atomic E-state index is 0.473. The quantitative estimate of drug-likeness (QED) is 0.802. The molecular formula is C12H20N2OS. The summed E-state index contributed by atoms with van der Waals surface area (Å²) in [5.41, 5.74) is 1.30. The molecule has 0 aliphatic heterocycles. The summed E-state index contributed by atoms with van der Waals surface area (Å²) in [5, 5.41) is 4.59. The number of nitrogens with one attached hydrogen (secondary N) is 1. The number of fused-ring (bicyclic) bond motifs is 1. The Morgan fingerprint density at radius 3 is 3.19 bits per heavy atom. The van der Waals surface area contributed by atoms with Crippen LogP contribution in [0.2, 0.25) is 0 Å². The number of ether oxygens (including phenoxy) is 1. The zero-order valence-corrected chi connectivity index (χ0v) is 10.9. The van der Waals surface area contributed by atoms with Crippen molar-refractivity contribution < 1.29 is 4.74 Å². The van der Waals surface area contributed by atoms with Gasteiger partial charge < -0.3 is 10.1 Å². The normalized spacial score (nSPS) is 19.8. The van der Waals surface area contributed by atoms with E-state index < -0.39 is 0 Å². The number of rotatable bonds is 5. The van der Waals surface area contributed by atoms with Crippen LogP contribution in [0.4, 0.5) is 0 Å². The fourth-order valence-electron chi connectivity index (χ4n) is 2.16. The van der Waals surface area contributed by atoms with E-state index >= 15 is 0 Å². The number of hydrogen-bond acceptors (Lipinski definition) is 4. The third-order valence-corrected chi connectivity index (χ3v) is 4.20. The molecule has 1 aromatic rings. The molecular weight excluding hydrogens is 220 g/mol. The van der Waals surface area contributed by atoms with Crippen molar-refractivity contribution in [2.75, 3.05) is 20.3 Å². The minimum absolute atomic E-state index is 0.473. The third-order valence-electron chi connectivity index (χ3n) is 3.01. The smallest absolute Gasteiger partial charge is 0.0954 e. The maximum absolute atomic E-state index is 5.37. The van der Waals surface area contributed by atoms with Gasteiger partial charge in [-0.2, -0.15) is 0 Å². The Hall–Kier alpha value is -0.450. The predicted molar refractivity (Wildman–Crippen MR) is 67.0 cm³/mol. The minimum Gasteiger partial charge on any atom is -0.381 e. The first kappa shape index (κ1) is 12.0. The Labute approximate surface area is 101 Å². The number of aryl methyl sites for hydroxylation is 1. The van der Waals surface area contributed by atoms with E-state index in [9.17, 15) is 0 Å². The van der Waals surface area contributed by atoms with Crippen molar-refractivity contribution >= 4 is 11.3 Å². The summed E-state index contributed by atoms with van der Waals surface area (Å²) in [6, 6.07) is 0.473. The molecule has 4 heteroatoms. The molecule has 0 fully saturated rings. The van der Waals surface area contributed by atoms with Gasteiger partial charge in [0.05, 0.1) is 23.4 Å². The van der Waals surface area contributed by atoms with Gasteiger partial charge in [0.2, 0.25) is 0 Å². The van der Waals surface area contributed by atoms with E-state index in [0.717, 1.165) is 19.6 Å². The van der Waals surface area contributed by atoms with Crippen LogP contribution < -0.4 is 5.32 Å². The van der Waals surface area contributed by atoms with E-state index in [1.807, 2.05) is 25.3 Å². The van der Waals surface area contributed by atoms with Gasteiger partial charge in [0.25, 0.3) is 0 Å². The molecule has 0 saturated heterocycles. The summed E-state index contributed by atoms with van der Waals surface area (Å²) in [5.74, 6) is 0. The van der Waals surface area contributed by atoms with Crippen LogP contribution in [0.1, 0.15) is 41.4 Å². The van der Waals surface area contributed by atoms with Crippen LogP contribution in [0.25, 0.3) is 0 Å². The first-order valence-electron chi connectivity index (χ1n) is 6.08. The van der Waals surface area contributed by atoms with Crippen molar-refractivity contribution in [3.63, 3.8) is 0 Å². The molecule has 0 bridgehead atoms. The van der Waals surface area contributed by atoms with Gasteiger partial charge in [0, 0.05) is 17.9 Å². The lowest BCUT2D eigenvalue weighted by Crippen LogP contribution is -2.21. The fraction of sp³-hybridized carbons (Fsp3) is 0.750. The maximum Gasteiger partial charge on any atom is 0.0954 e. The molecule has 0 amide bonds. The van der Waals surface area contributed by atoms with Crippen LogP contribution >= 0.6 is 11.3 Å². The molecule has 1 unspecified atom stereocenters. The van der Waals surface area contributed by atoms with Gasteiger partial charge in [0.15, 0.2) is 0 Å². The molecule has 1 aliphatic rings. The number of aromatic nitrogens is 1. The Balaban J connectivity index is 2.03. The topological polar surface area (TPSA) is 34.1 Å². The highest BCUT2D eigenvalue weighted by molar-refractivity contribution is 7.11. The standard InChI is InChI=1S/C12H20N2OS/c1-3-15-8-7-11-14-12-9(13-2)5-4-6-10(12)16-11/h9,13H,3-8H2,1-2H3. The molecule has 0 aromatic carbocycles. The highest BCUT2D eigenvalue weighted by atomic mass is 32.1. The van der Waals surface area contributed by atoms with Gasteiger partial charge in [-0.25, -0.2) is 4.98 Å². The molecule has 1 aromatic heterocycles. The molecule has 1 heterocycles. The molecule has 2 rings (SSSR count). The largest absolute Gasteiger partial charge is 0.381 e. The maximum atomic E-state index is 5.37. The summed E-state index contributed by atoms with van der Waals surface area (Å²) >= 11 is 1.87.